The van der Waals surface area contributed by atoms with Crippen LogP contribution in [0.4, 0.5) is 15.9 Å². The van der Waals surface area contributed by atoms with E-state index in [2.05, 4.69) is 29.5 Å². The summed E-state index contributed by atoms with van der Waals surface area (Å²) in [4.78, 5) is 40.8. The van der Waals surface area contributed by atoms with Gasteiger partial charge in [-0.2, -0.15) is 0 Å². The minimum absolute atomic E-state index is 0. The lowest BCUT2D eigenvalue weighted by molar-refractivity contribution is -0.123. The summed E-state index contributed by atoms with van der Waals surface area (Å²) < 4.78 is 19.2. The molecule has 4 rings (SSSR count). The molecule has 1 aromatic heterocycles. The summed E-state index contributed by atoms with van der Waals surface area (Å²) in [6.07, 6.45) is 3.65. The third kappa shape index (κ3) is 9.00. The van der Waals surface area contributed by atoms with Crippen molar-refractivity contribution in [1.82, 2.24) is 20.2 Å². The van der Waals surface area contributed by atoms with Crippen molar-refractivity contribution in [3.05, 3.63) is 47.2 Å². The molecule has 2 N–H and O–H groups in total. The van der Waals surface area contributed by atoms with Gasteiger partial charge in [0.2, 0.25) is 5.91 Å². The number of nitrogens with one attached hydrogen (secondary N) is 2. The molecule has 0 spiro atoms. The molecule has 9 nitrogen and oxygen atoms in total. The van der Waals surface area contributed by atoms with E-state index in [0.717, 1.165) is 12.0 Å². The molecule has 0 unspecified atom stereocenters. The van der Waals surface area contributed by atoms with E-state index in [4.69, 9.17) is 9.72 Å². The van der Waals surface area contributed by atoms with Gasteiger partial charge < -0.3 is 25.2 Å². The minimum Gasteiger partial charge on any atom is -0.385 e. The Hall–Kier alpha value is -2.53. The molecule has 2 aliphatic rings. The van der Waals surface area contributed by atoms with Crippen molar-refractivity contribution in [2.24, 2.45) is 11.8 Å². The van der Waals surface area contributed by atoms with Crippen LogP contribution in [-0.2, 0) is 21.4 Å². The predicted molar refractivity (Wildman–Crippen MR) is 173 cm³/mol. The second kappa shape index (κ2) is 16.0. The summed E-state index contributed by atoms with van der Waals surface area (Å²) in [5, 5.41) is 6.75. The first-order chi connectivity index (χ1) is 19.5. The Morgan fingerprint density at radius 2 is 1.98 bits per heavy atom. The fourth-order valence-corrected chi connectivity index (χ4v) is 5.55. The number of amides is 2. The van der Waals surface area contributed by atoms with E-state index in [1.54, 1.807) is 24.3 Å². The lowest BCUT2D eigenvalue weighted by atomic mass is 9.92. The highest BCUT2D eigenvalue weighted by Crippen LogP contribution is 2.32. The fourth-order valence-electron chi connectivity index (χ4n) is 5.55. The molecule has 0 bridgehead atoms. The largest absolute Gasteiger partial charge is 0.385 e. The number of benzene rings is 1. The molecule has 240 valence electrons. The van der Waals surface area contributed by atoms with Crippen molar-refractivity contribution in [1.29, 1.82) is 0 Å². The van der Waals surface area contributed by atoms with Gasteiger partial charge >= 0.3 is 0 Å². The van der Waals surface area contributed by atoms with E-state index >= 15 is 0 Å². The van der Waals surface area contributed by atoms with Gasteiger partial charge in [-0.15, -0.1) is 24.8 Å². The number of hydrogen-bond acceptors (Lipinski definition) is 7. The maximum absolute atomic E-state index is 14.2. The van der Waals surface area contributed by atoms with Crippen molar-refractivity contribution in [2.45, 2.75) is 65.3 Å². The number of hydrogen-bond donors (Lipinski definition) is 2. The highest BCUT2D eigenvalue weighted by molar-refractivity contribution is 5.99. The zero-order valence-corrected chi connectivity index (χ0v) is 27.7. The summed E-state index contributed by atoms with van der Waals surface area (Å²) in [7, 11) is 1.66. The number of aromatic nitrogens is 2. The number of anilines is 2. The number of nitrogens with zero attached hydrogens (tertiary/aromatic N) is 4. The normalized spacial score (nSPS) is 18.0. The maximum atomic E-state index is 14.2. The van der Waals surface area contributed by atoms with Crippen LogP contribution >= 0.6 is 24.8 Å². The Balaban J connectivity index is 0.00000323. The van der Waals surface area contributed by atoms with Gasteiger partial charge in [-0.05, 0) is 42.9 Å². The van der Waals surface area contributed by atoms with Gasteiger partial charge in [-0.25, -0.2) is 14.4 Å². The average Bonchev–Trinajstić information content (AvgIpc) is 3.35. The quantitative estimate of drug-likeness (QED) is 0.357. The van der Waals surface area contributed by atoms with Crippen LogP contribution in [0, 0.1) is 17.7 Å². The molecule has 1 saturated heterocycles. The van der Waals surface area contributed by atoms with Crippen LogP contribution in [0.3, 0.4) is 0 Å². The zero-order chi connectivity index (χ0) is 29.7. The van der Waals surface area contributed by atoms with Gasteiger partial charge in [0.05, 0.1) is 5.92 Å². The molecule has 1 fully saturated rings. The van der Waals surface area contributed by atoms with Crippen LogP contribution in [0.2, 0.25) is 0 Å². The number of fused-ring (bicyclic) bond motifs is 1. The average molecular weight is 642 g/mol. The first-order valence-corrected chi connectivity index (χ1v) is 14.7. The lowest BCUT2D eigenvalue weighted by Gasteiger charge is -2.39. The Bertz CT molecular complexity index is 1240. The van der Waals surface area contributed by atoms with Crippen LogP contribution in [0.5, 0.6) is 0 Å². The first kappa shape index (κ1) is 36.7. The molecule has 1 aromatic carbocycles. The van der Waals surface area contributed by atoms with Crippen molar-refractivity contribution in [3.63, 3.8) is 0 Å². The van der Waals surface area contributed by atoms with E-state index in [1.165, 1.54) is 12.1 Å². The third-order valence-corrected chi connectivity index (χ3v) is 7.66. The highest BCUT2D eigenvalue weighted by atomic mass is 35.5. The van der Waals surface area contributed by atoms with E-state index in [0.29, 0.717) is 75.1 Å². The molecule has 2 amide bonds. The standard InChI is InChI=1S/C31H45FN6O3.2ClH/c1-20(2)19-38(29(40)25-18-35-30(31(3,4)5)36-27(25)34-11-7-13-41-6)24-14-22(16-33-17-24)28(39)37-12-10-21-8-9-23(32)15-26(21)37;;/h8-9,15,18,20,22,24,33H,7,10-14,16-17,19H2,1-6H3,(H,34,35,36);2*1H/t22-,24+;;/m1../s1. The number of methoxy groups -OCH3 is 1. The minimum atomic E-state index is -0.344. The van der Waals surface area contributed by atoms with E-state index in [-0.39, 0.29) is 65.7 Å². The SMILES string of the molecule is COCCCNc1nc(C(C)(C)C)ncc1C(=O)N(CC(C)C)[C@@H]1CNC[C@H](C(=O)N2CCc3ccc(F)cc32)C1.Cl.Cl. The van der Waals surface area contributed by atoms with Crippen molar-refractivity contribution in [3.8, 4) is 0 Å². The summed E-state index contributed by atoms with van der Waals surface area (Å²) >= 11 is 0. The summed E-state index contributed by atoms with van der Waals surface area (Å²) in [5.74, 6) is 0.553. The van der Waals surface area contributed by atoms with Crippen molar-refractivity contribution in [2.75, 3.05) is 56.7 Å². The molecule has 2 aliphatic heterocycles. The Kier molecular flexibility index (Phi) is 13.6. The summed E-state index contributed by atoms with van der Waals surface area (Å²) in [6, 6.07) is 4.46. The monoisotopic (exact) mass is 640 g/mol. The smallest absolute Gasteiger partial charge is 0.259 e. The van der Waals surface area contributed by atoms with Crippen LogP contribution in [-0.4, -0.2) is 79.2 Å². The van der Waals surface area contributed by atoms with Gasteiger partial charge in [-0.3, -0.25) is 9.59 Å². The topological polar surface area (TPSA) is 99.7 Å². The molecular formula is C31H47Cl2FN6O3. The number of piperidine rings is 1. The van der Waals surface area contributed by atoms with Gasteiger partial charge in [0, 0.05) is 69.8 Å². The molecule has 2 atom stereocenters. The summed E-state index contributed by atoms with van der Waals surface area (Å²) in [6.45, 7) is 13.7. The van der Waals surface area contributed by atoms with E-state index in [9.17, 15) is 14.0 Å². The highest BCUT2D eigenvalue weighted by Gasteiger charge is 2.38. The Morgan fingerprint density at radius 1 is 1.23 bits per heavy atom. The molecule has 2 aromatic rings. The molecule has 12 heteroatoms. The number of carbonyl (C=O) groups excluding carboxylic acids is 2. The Morgan fingerprint density at radius 3 is 2.65 bits per heavy atom. The second-order valence-corrected chi connectivity index (χ2v) is 12.6. The fraction of sp³-hybridized carbons (Fsp3) is 0.613. The second-order valence-electron chi connectivity index (χ2n) is 12.6. The molecule has 43 heavy (non-hydrogen) atoms. The number of halogens is 3. The maximum Gasteiger partial charge on any atom is 0.259 e. The molecule has 0 saturated carbocycles. The van der Waals surface area contributed by atoms with E-state index in [1.807, 2.05) is 25.7 Å². The molecule has 3 heterocycles. The predicted octanol–water partition coefficient (Wildman–Crippen LogP) is 4.87. The van der Waals surface area contributed by atoms with Crippen LogP contribution < -0.4 is 15.5 Å². The first-order valence-electron chi connectivity index (χ1n) is 14.7. The van der Waals surface area contributed by atoms with Crippen LogP contribution in [0.1, 0.15) is 69.2 Å². The molecular weight excluding hydrogens is 594 g/mol. The van der Waals surface area contributed by atoms with Crippen molar-refractivity contribution < 1.29 is 18.7 Å². The number of ether oxygens (including phenoxy) is 1. The Labute approximate surface area is 267 Å². The zero-order valence-electron chi connectivity index (χ0n) is 26.1. The van der Waals surface area contributed by atoms with Crippen LogP contribution in [0.15, 0.2) is 24.4 Å². The summed E-state index contributed by atoms with van der Waals surface area (Å²) in [5.41, 5.74) is 1.79. The van der Waals surface area contributed by atoms with Gasteiger partial charge in [0.15, 0.2) is 0 Å². The molecule has 0 aliphatic carbocycles. The van der Waals surface area contributed by atoms with Gasteiger partial charge in [-0.1, -0.05) is 40.7 Å². The van der Waals surface area contributed by atoms with Crippen LogP contribution in [0.25, 0.3) is 0 Å². The van der Waals surface area contributed by atoms with Gasteiger partial charge in [0.1, 0.15) is 23.0 Å². The number of carbonyl (C=O) groups is 2. The lowest BCUT2D eigenvalue weighted by Crippen LogP contribution is -2.55. The molecule has 0 radical (unpaired) electrons. The van der Waals surface area contributed by atoms with Crippen molar-refractivity contribution >= 4 is 48.1 Å². The van der Waals surface area contributed by atoms with E-state index < -0.39 is 0 Å². The van der Waals surface area contributed by atoms with Gasteiger partial charge in [0.25, 0.3) is 5.91 Å². The number of rotatable bonds is 10. The third-order valence-electron chi connectivity index (χ3n) is 7.66.